The third-order valence-corrected chi connectivity index (χ3v) is 6.22. The maximum Gasteiger partial charge on any atom is 0.412 e. The normalized spacial score (nSPS) is 11.7. The Bertz CT molecular complexity index is 1130. The fraction of sp³-hybridized carbons (Fsp3) is 0.333. The minimum Gasteiger partial charge on any atom is -0.444 e. The highest BCUT2D eigenvalue weighted by Crippen LogP contribution is 2.22. The Balaban J connectivity index is 2.24. The van der Waals surface area contributed by atoms with Gasteiger partial charge in [-0.2, -0.15) is 4.31 Å². The molecule has 0 heterocycles. The minimum absolute atomic E-state index is 0.103. The van der Waals surface area contributed by atoms with Crippen LogP contribution in [0.2, 0.25) is 0 Å². The summed E-state index contributed by atoms with van der Waals surface area (Å²) in [4.78, 5) is 33.6. The number of hydrogen-bond acceptors (Lipinski definition) is 8. The molecule has 2 amide bonds. The second-order valence-corrected chi connectivity index (χ2v) is 10.1. The number of carbonyl (C=O) groups is 2. The summed E-state index contributed by atoms with van der Waals surface area (Å²) in [6, 6.07) is 10.7. The quantitative estimate of drug-likeness (QED) is 0.271. The Labute approximate surface area is 196 Å². The van der Waals surface area contributed by atoms with E-state index in [1.165, 1.54) is 54.0 Å². The topological polar surface area (TPSA) is 168 Å². The summed E-state index contributed by atoms with van der Waals surface area (Å²) < 4.78 is 32.7. The molecule has 0 aromatic heterocycles. The van der Waals surface area contributed by atoms with Gasteiger partial charge in [-0.05, 0) is 50.6 Å². The molecule has 0 radical (unpaired) electrons. The van der Waals surface area contributed by atoms with Gasteiger partial charge in [0.1, 0.15) is 5.60 Å². The van der Waals surface area contributed by atoms with Crippen molar-refractivity contribution in [3.8, 4) is 0 Å². The molecule has 2 aromatic rings. The molecule has 0 aliphatic rings. The molecule has 0 aliphatic carbocycles. The maximum absolute atomic E-state index is 13.2. The Morgan fingerprint density at radius 3 is 2.18 bits per heavy atom. The van der Waals surface area contributed by atoms with Gasteiger partial charge >= 0.3 is 6.09 Å². The molecule has 0 aliphatic heterocycles. The molecule has 0 saturated carbocycles. The standard InChI is InChI=1S/C21H26N4O8S/c1-21(2,3)33-20(27)22-16-6-10-18(11-7-16)34(31,32)24(13-12-19(26)23-28)14-15-4-8-17(9-5-15)25(29)30/h4-11,28H,12-14H2,1-3H3,(H,22,27)(H,23,26). The predicted molar refractivity (Wildman–Crippen MR) is 122 cm³/mol. The van der Waals surface area contributed by atoms with E-state index >= 15 is 0 Å². The number of nitro benzene ring substituents is 1. The van der Waals surface area contributed by atoms with E-state index in [4.69, 9.17) is 9.94 Å². The average molecular weight is 495 g/mol. The third-order valence-electron chi connectivity index (χ3n) is 4.36. The van der Waals surface area contributed by atoms with Gasteiger partial charge in [-0.1, -0.05) is 12.1 Å². The molecule has 0 atom stereocenters. The van der Waals surface area contributed by atoms with E-state index in [9.17, 15) is 28.1 Å². The number of ether oxygens (including phenoxy) is 1. The van der Waals surface area contributed by atoms with Crippen molar-refractivity contribution in [3.63, 3.8) is 0 Å². The van der Waals surface area contributed by atoms with Crippen LogP contribution >= 0.6 is 0 Å². The van der Waals surface area contributed by atoms with Crippen LogP contribution in [-0.2, 0) is 26.1 Å². The first-order chi connectivity index (χ1) is 15.8. The van der Waals surface area contributed by atoms with Gasteiger partial charge in [0.05, 0.1) is 9.82 Å². The van der Waals surface area contributed by atoms with Crippen LogP contribution in [-0.4, -0.2) is 47.0 Å². The zero-order valence-corrected chi connectivity index (χ0v) is 19.7. The Hall–Kier alpha value is -3.55. The molecule has 3 N–H and O–H groups in total. The molecule has 2 aromatic carbocycles. The fourth-order valence-corrected chi connectivity index (χ4v) is 4.20. The van der Waals surface area contributed by atoms with E-state index in [2.05, 4.69) is 5.32 Å². The molecule has 184 valence electrons. The summed E-state index contributed by atoms with van der Waals surface area (Å²) in [6.07, 6.45) is -1.01. The number of nitrogens with one attached hydrogen (secondary N) is 2. The molecule has 12 nitrogen and oxygen atoms in total. The van der Waals surface area contributed by atoms with Crippen molar-refractivity contribution in [2.75, 3.05) is 11.9 Å². The summed E-state index contributed by atoms with van der Waals surface area (Å²) in [5.41, 5.74) is 1.38. The number of non-ortho nitro benzene ring substituents is 1. The van der Waals surface area contributed by atoms with Crippen molar-refractivity contribution in [3.05, 3.63) is 64.2 Å². The molecule has 0 bridgehead atoms. The molecule has 0 spiro atoms. The van der Waals surface area contributed by atoms with Crippen LogP contribution in [0.15, 0.2) is 53.4 Å². The van der Waals surface area contributed by atoms with Crippen LogP contribution in [0, 0.1) is 10.1 Å². The molecular weight excluding hydrogens is 468 g/mol. The summed E-state index contributed by atoms with van der Waals surface area (Å²) >= 11 is 0. The Morgan fingerprint density at radius 1 is 1.09 bits per heavy atom. The van der Waals surface area contributed by atoms with Gasteiger partial charge in [-0.25, -0.2) is 18.7 Å². The SMILES string of the molecule is CC(C)(C)OC(=O)Nc1ccc(S(=O)(=O)N(CCC(=O)NO)Cc2ccc([N+](=O)[O-])cc2)cc1. The summed E-state index contributed by atoms with van der Waals surface area (Å²) in [5, 5.41) is 22.1. The van der Waals surface area contributed by atoms with Crippen LogP contribution in [0.1, 0.15) is 32.8 Å². The first kappa shape index (κ1) is 26.7. The van der Waals surface area contributed by atoms with Crippen molar-refractivity contribution < 1.29 is 32.9 Å². The van der Waals surface area contributed by atoms with Gasteiger partial charge < -0.3 is 4.74 Å². The van der Waals surface area contributed by atoms with Crippen molar-refractivity contribution in [1.82, 2.24) is 9.79 Å². The maximum atomic E-state index is 13.2. The van der Waals surface area contributed by atoms with Crippen molar-refractivity contribution in [1.29, 1.82) is 0 Å². The van der Waals surface area contributed by atoms with E-state index < -0.39 is 32.5 Å². The molecule has 0 fully saturated rings. The monoisotopic (exact) mass is 494 g/mol. The summed E-state index contributed by atoms with van der Waals surface area (Å²) in [7, 11) is -4.11. The number of hydroxylamine groups is 1. The predicted octanol–water partition coefficient (Wildman–Crippen LogP) is 3.03. The molecule has 2 rings (SSSR count). The lowest BCUT2D eigenvalue weighted by Gasteiger charge is -2.22. The molecular formula is C21H26N4O8S. The summed E-state index contributed by atoms with van der Waals surface area (Å²) in [5.74, 6) is -0.777. The second-order valence-electron chi connectivity index (χ2n) is 8.20. The van der Waals surface area contributed by atoms with Crippen LogP contribution in [0.5, 0.6) is 0 Å². The van der Waals surface area contributed by atoms with Crippen molar-refractivity contribution in [2.24, 2.45) is 0 Å². The molecule has 34 heavy (non-hydrogen) atoms. The smallest absolute Gasteiger partial charge is 0.412 e. The van der Waals surface area contributed by atoms with Gasteiger partial charge in [0, 0.05) is 37.3 Å². The van der Waals surface area contributed by atoms with Crippen LogP contribution < -0.4 is 10.8 Å². The second kappa shape index (κ2) is 11.0. The highest BCUT2D eigenvalue weighted by molar-refractivity contribution is 7.89. The van der Waals surface area contributed by atoms with E-state index in [1.807, 2.05) is 0 Å². The van der Waals surface area contributed by atoms with Crippen molar-refractivity contribution in [2.45, 2.75) is 44.2 Å². The fourth-order valence-electron chi connectivity index (χ4n) is 2.77. The highest BCUT2D eigenvalue weighted by Gasteiger charge is 2.26. The highest BCUT2D eigenvalue weighted by atomic mass is 32.2. The lowest BCUT2D eigenvalue weighted by molar-refractivity contribution is -0.384. The molecule has 0 unspecified atom stereocenters. The number of nitrogens with zero attached hydrogens (tertiary/aromatic N) is 2. The van der Waals surface area contributed by atoms with Gasteiger partial charge in [0.15, 0.2) is 0 Å². The Kier molecular flexibility index (Phi) is 8.68. The van der Waals surface area contributed by atoms with E-state index in [1.54, 1.807) is 20.8 Å². The number of nitro groups is 1. The minimum atomic E-state index is -4.11. The van der Waals surface area contributed by atoms with E-state index in [0.717, 1.165) is 4.31 Å². The largest absolute Gasteiger partial charge is 0.444 e. The Morgan fingerprint density at radius 2 is 1.68 bits per heavy atom. The first-order valence-corrected chi connectivity index (χ1v) is 11.5. The average Bonchev–Trinajstić information content (AvgIpc) is 2.75. The van der Waals surface area contributed by atoms with Gasteiger partial charge in [0.2, 0.25) is 15.9 Å². The van der Waals surface area contributed by atoms with Gasteiger partial charge in [-0.3, -0.25) is 25.4 Å². The molecule has 13 heteroatoms. The van der Waals surface area contributed by atoms with Crippen LogP contribution in [0.3, 0.4) is 0 Å². The summed E-state index contributed by atoms with van der Waals surface area (Å²) in [6.45, 7) is 4.69. The number of sulfonamides is 1. The molecule has 0 saturated heterocycles. The number of benzene rings is 2. The first-order valence-electron chi connectivity index (χ1n) is 10.1. The number of amides is 2. The van der Waals surface area contributed by atoms with E-state index in [0.29, 0.717) is 11.3 Å². The number of anilines is 1. The zero-order chi connectivity index (χ0) is 25.5. The van der Waals surface area contributed by atoms with E-state index in [-0.39, 0.29) is 30.1 Å². The zero-order valence-electron chi connectivity index (χ0n) is 18.8. The third kappa shape index (κ3) is 7.79. The lowest BCUT2D eigenvalue weighted by atomic mass is 10.2. The number of rotatable bonds is 9. The number of hydrogen-bond donors (Lipinski definition) is 3. The van der Waals surface area contributed by atoms with Gasteiger partial charge in [0.25, 0.3) is 5.69 Å². The van der Waals surface area contributed by atoms with Crippen LogP contribution in [0.4, 0.5) is 16.2 Å². The van der Waals surface area contributed by atoms with Gasteiger partial charge in [-0.15, -0.1) is 0 Å². The van der Waals surface area contributed by atoms with Crippen molar-refractivity contribution >= 4 is 33.4 Å². The van der Waals surface area contributed by atoms with Crippen LogP contribution in [0.25, 0.3) is 0 Å². The number of carbonyl (C=O) groups excluding carboxylic acids is 2. The lowest BCUT2D eigenvalue weighted by Crippen LogP contribution is -2.34.